The van der Waals surface area contributed by atoms with E-state index in [2.05, 4.69) is 0 Å². The number of aliphatic carboxylic acids is 1. The highest BCUT2D eigenvalue weighted by atomic mass is 31.1. The van der Waals surface area contributed by atoms with E-state index < -0.39 is 19.7 Å². The van der Waals surface area contributed by atoms with Crippen LogP contribution in [0.5, 0.6) is 0 Å². The summed E-state index contributed by atoms with van der Waals surface area (Å²) in [7, 11) is -2.40. The van der Waals surface area contributed by atoms with Crippen LogP contribution < -0.4 is 5.73 Å². The van der Waals surface area contributed by atoms with Crippen molar-refractivity contribution in [3.63, 3.8) is 0 Å². The molecule has 0 aliphatic rings. The second-order valence-electron chi connectivity index (χ2n) is 2.14. The molecule has 0 rings (SSSR count). The molecular formula is C5H10NO4P. The second kappa shape index (κ2) is 5.04. The third kappa shape index (κ3) is 5.76. The SMILES string of the molecule is N[C@H](CCCP(=O)=O)C(=O)O. The maximum Gasteiger partial charge on any atom is 0.320 e. The van der Waals surface area contributed by atoms with E-state index in [1.807, 2.05) is 0 Å². The van der Waals surface area contributed by atoms with Gasteiger partial charge < -0.3 is 10.8 Å². The predicted molar refractivity (Wildman–Crippen MR) is 38.0 cm³/mol. The van der Waals surface area contributed by atoms with Gasteiger partial charge in [0.15, 0.2) is 0 Å². The Morgan fingerprint density at radius 2 is 2.09 bits per heavy atom. The lowest BCUT2D eigenvalue weighted by Gasteiger charge is -2.01. The molecule has 3 N–H and O–H groups in total. The van der Waals surface area contributed by atoms with Crippen LogP contribution in [-0.2, 0) is 13.9 Å². The average Bonchev–Trinajstić information content (AvgIpc) is 1.86. The van der Waals surface area contributed by atoms with Crippen molar-refractivity contribution in [1.82, 2.24) is 0 Å². The van der Waals surface area contributed by atoms with Crippen molar-refractivity contribution in [2.75, 3.05) is 6.16 Å². The van der Waals surface area contributed by atoms with E-state index in [1.54, 1.807) is 0 Å². The Kier molecular flexibility index (Phi) is 4.74. The van der Waals surface area contributed by atoms with Crippen LogP contribution in [0.4, 0.5) is 0 Å². The Morgan fingerprint density at radius 1 is 1.55 bits per heavy atom. The van der Waals surface area contributed by atoms with E-state index in [0.717, 1.165) is 0 Å². The zero-order chi connectivity index (χ0) is 8.85. The van der Waals surface area contributed by atoms with Crippen LogP contribution in [0.2, 0.25) is 0 Å². The molecule has 0 aliphatic heterocycles. The Morgan fingerprint density at radius 3 is 2.45 bits per heavy atom. The van der Waals surface area contributed by atoms with E-state index in [0.29, 0.717) is 6.42 Å². The smallest absolute Gasteiger partial charge is 0.320 e. The van der Waals surface area contributed by atoms with Gasteiger partial charge in [0.2, 0.25) is 0 Å². The molecule has 0 bridgehead atoms. The molecule has 0 radical (unpaired) electrons. The van der Waals surface area contributed by atoms with E-state index in [1.165, 1.54) is 0 Å². The van der Waals surface area contributed by atoms with Crippen LogP contribution in [0.1, 0.15) is 12.8 Å². The highest BCUT2D eigenvalue weighted by Crippen LogP contribution is 2.07. The molecule has 0 spiro atoms. The van der Waals surface area contributed by atoms with Crippen molar-refractivity contribution in [2.24, 2.45) is 5.73 Å². The van der Waals surface area contributed by atoms with Gasteiger partial charge in [-0.15, -0.1) is 0 Å². The number of carboxylic acids is 1. The first-order chi connectivity index (χ1) is 5.04. The van der Waals surface area contributed by atoms with Gasteiger partial charge in [0.1, 0.15) is 6.04 Å². The zero-order valence-corrected chi connectivity index (χ0v) is 6.79. The molecule has 11 heavy (non-hydrogen) atoms. The summed E-state index contributed by atoms with van der Waals surface area (Å²) in [5, 5.41) is 8.27. The summed E-state index contributed by atoms with van der Waals surface area (Å²) in [4.78, 5) is 10.1. The number of rotatable bonds is 5. The minimum absolute atomic E-state index is 0.0102. The largest absolute Gasteiger partial charge is 0.480 e. The zero-order valence-electron chi connectivity index (χ0n) is 5.90. The standard InChI is InChI=1S/C5H10NO4P/c6-4(5(7)8)2-1-3-11(9)10/h4H,1-3,6H2,(H,7,8)/t4-/m1/s1. The molecule has 64 valence electrons. The fraction of sp³-hybridized carbons (Fsp3) is 0.800. The van der Waals surface area contributed by atoms with Crippen molar-refractivity contribution < 1.29 is 19.0 Å². The predicted octanol–water partition coefficient (Wildman–Crippen LogP) is 0.351. The van der Waals surface area contributed by atoms with Crippen LogP contribution >= 0.6 is 7.68 Å². The molecule has 0 aromatic rings. The molecule has 0 saturated carbocycles. The molecule has 1 atom stereocenters. The number of hydrogen-bond donors (Lipinski definition) is 2. The highest BCUT2D eigenvalue weighted by Gasteiger charge is 2.10. The van der Waals surface area contributed by atoms with Gasteiger partial charge in [-0.25, -0.2) is 9.13 Å². The Labute approximate surface area is 64.4 Å². The van der Waals surface area contributed by atoms with Gasteiger partial charge in [-0.1, -0.05) is 0 Å². The number of nitrogens with two attached hydrogens (primary N) is 1. The Balaban J connectivity index is 3.46. The van der Waals surface area contributed by atoms with E-state index in [9.17, 15) is 13.9 Å². The fourth-order valence-corrected chi connectivity index (χ4v) is 1.00. The lowest BCUT2D eigenvalue weighted by Crippen LogP contribution is -2.29. The van der Waals surface area contributed by atoms with Gasteiger partial charge in [0.25, 0.3) is 0 Å². The first-order valence-corrected chi connectivity index (χ1v) is 4.50. The van der Waals surface area contributed by atoms with Gasteiger partial charge >= 0.3 is 13.6 Å². The van der Waals surface area contributed by atoms with Crippen LogP contribution in [0.3, 0.4) is 0 Å². The normalized spacial score (nSPS) is 12.5. The minimum atomic E-state index is -2.40. The van der Waals surface area contributed by atoms with E-state index >= 15 is 0 Å². The summed E-state index contributed by atoms with van der Waals surface area (Å²) < 4.78 is 20.0. The van der Waals surface area contributed by atoms with Gasteiger partial charge in [-0.2, -0.15) is 0 Å². The van der Waals surface area contributed by atoms with Crippen molar-refractivity contribution in [3.8, 4) is 0 Å². The third-order valence-corrected chi connectivity index (χ3v) is 1.85. The van der Waals surface area contributed by atoms with Crippen molar-refractivity contribution in [3.05, 3.63) is 0 Å². The van der Waals surface area contributed by atoms with Crippen LogP contribution in [0.25, 0.3) is 0 Å². The van der Waals surface area contributed by atoms with Gasteiger partial charge in [0, 0.05) is 0 Å². The van der Waals surface area contributed by atoms with E-state index in [-0.39, 0.29) is 12.6 Å². The summed E-state index contributed by atoms with van der Waals surface area (Å²) in [6.07, 6.45) is 0.529. The topological polar surface area (TPSA) is 97.5 Å². The van der Waals surface area contributed by atoms with Crippen molar-refractivity contribution in [1.29, 1.82) is 0 Å². The second-order valence-corrected chi connectivity index (χ2v) is 3.26. The number of carboxylic acid groups (broad SMARTS) is 1. The quantitative estimate of drug-likeness (QED) is 0.593. The van der Waals surface area contributed by atoms with Crippen LogP contribution in [0, 0.1) is 0 Å². The van der Waals surface area contributed by atoms with Gasteiger partial charge in [-0.05, 0) is 12.8 Å². The summed E-state index contributed by atoms with van der Waals surface area (Å²) >= 11 is 0. The minimum Gasteiger partial charge on any atom is -0.480 e. The molecule has 0 heterocycles. The third-order valence-electron chi connectivity index (χ3n) is 1.17. The van der Waals surface area contributed by atoms with Crippen LogP contribution in [0.15, 0.2) is 0 Å². The van der Waals surface area contributed by atoms with Gasteiger partial charge in [-0.3, -0.25) is 4.79 Å². The maximum absolute atomic E-state index is 10.1. The molecule has 0 amide bonds. The van der Waals surface area contributed by atoms with Crippen molar-refractivity contribution >= 4 is 13.6 Å². The monoisotopic (exact) mass is 179 g/mol. The summed E-state index contributed by atoms with van der Waals surface area (Å²) in [5.74, 6) is -1.09. The summed E-state index contributed by atoms with van der Waals surface area (Å²) in [6, 6.07) is -0.940. The Hall–Kier alpha value is -0.670. The molecule has 6 heteroatoms. The average molecular weight is 179 g/mol. The molecule has 0 aromatic heterocycles. The maximum atomic E-state index is 10.1. The molecule has 0 aromatic carbocycles. The number of hydrogen-bond acceptors (Lipinski definition) is 4. The Bertz CT molecular complexity index is 193. The van der Waals surface area contributed by atoms with Crippen LogP contribution in [-0.4, -0.2) is 23.3 Å². The lowest BCUT2D eigenvalue weighted by molar-refractivity contribution is -0.138. The molecule has 0 unspecified atom stereocenters. The summed E-state index contributed by atoms with van der Waals surface area (Å²) in [5.41, 5.74) is 5.11. The molecule has 0 fully saturated rings. The summed E-state index contributed by atoms with van der Waals surface area (Å²) in [6.45, 7) is 0. The molecule has 0 saturated heterocycles. The fourth-order valence-electron chi connectivity index (χ4n) is 0.564. The van der Waals surface area contributed by atoms with E-state index in [4.69, 9.17) is 10.8 Å². The molecular weight excluding hydrogens is 169 g/mol. The highest BCUT2D eigenvalue weighted by molar-refractivity contribution is 7.30. The molecule has 5 nitrogen and oxygen atoms in total. The number of carbonyl (C=O) groups is 1. The molecule has 0 aliphatic carbocycles. The lowest BCUT2D eigenvalue weighted by atomic mass is 10.2. The first-order valence-electron chi connectivity index (χ1n) is 3.14. The van der Waals surface area contributed by atoms with Crippen molar-refractivity contribution in [2.45, 2.75) is 18.9 Å². The van der Waals surface area contributed by atoms with Gasteiger partial charge in [0.05, 0.1) is 6.16 Å². The first kappa shape index (κ1) is 10.3.